The lowest BCUT2D eigenvalue weighted by atomic mass is 10.4. The van der Waals surface area contributed by atoms with E-state index in [0.717, 1.165) is 13.0 Å². The molecule has 0 aliphatic rings. The van der Waals surface area contributed by atoms with E-state index in [1.54, 1.807) is 14.0 Å². The Kier molecular flexibility index (Phi) is 5.64. The van der Waals surface area contributed by atoms with E-state index < -0.39 is 0 Å². The number of nitrogens with two attached hydrogens (primary N) is 1. The van der Waals surface area contributed by atoms with Crippen LogP contribution in [0.5, 0.6) is 5.88 Å². The standard InChI is InChI=1S/C12H22N4O2/c1-8(2)18-7-5-6-14-11-10(13)12(17-4)16-9(3)15-11/h8H,5-7,13H2,1-4H3,(H,14,15,16). The largest absolute Gasteiger partial charge is 0.479 e. The van der Waals surface area contributed by atoms with Crippen LogP contribution in [0.1, 0.15) is 26.1 Å². The molecule has 1 aromatic rings. The molecule has 0 saturated heterocycles. The lowest BCUT2D eigenvalue weighted by molar-refractivity contribution is 0.0787. The van der Waals surface area contributed by atoms with Gasteiger partial charge in [0.15, 0.2) is 5.82 Å². The van der Waals surface area contributed by atoms with Gasteiger partial charge < -0.3 is 20.5 Å². The predicted molar refractivity (Wildman–Crippen MR) is 71.9 cm³/mol. The highest BCUT2D eigenvalue weighted by Gasteiger charge is 2.09. The highest BCUT2D eigenvalue weighted by atomic mass is 16.5. The number of rotatable bonds is 7. The third kappa shape index (κ3) is 4.37. The summed E-state index contributed by atoms with van der Waals surface area (Å²) in [5, 5.41) is 3.17. The van der Waals surface area contributed by atoms with E-state index in [0.29, 0.717) is 29.8 Å². The fraction of sp³-hybridized carbons (Fsp3) is 0.667. The Labute approximate surface area is 108 Å². The number of anilines is 2. The highest BCUT2D eigenvalue weighted by molar-refractivity contribution is 5.66. The summed E-state index contributed by atoms with van der Waals surface area (Å²) < 4.78 is 10.5. The Morgan fingerprint density at radius 2 is 2.06 bits per heavy atom. The second kappa shape index (κ2) is 7.00. The molecule has 0 unspecified atom stereocenters. The number of nitrogens with zero attached hydrogens (tertiary/aromatic N) is 2. The maximum atomic E-state index is 5.88. The van der Waals surface area contributed by atoms with Crippen LogP contribution in [0.25, 0.3) is 0 Å². The molecule has 0 atom stereocenters. The van der Waals surface area contributed by atoms with Crippen molar-refractivity contribution in [2.75, 3.05) is 31.3 Å². The van der Waals surface area contributed by atoms with Crippen LogP contribution in [0.3, 0.4) is 0 Å². The van der Waals surface area contributed by atoms with E-state index in [-0.39, 0.29) is 6.10 Å². The summed E-state index contributed by atoms with van der Waals surface area (Å²) in [6, 6.07) is 0. The van der Waals surface area contributed by atoms with Crippen molar-refractivity contribution in [2.24, 2.45) is 0 Å². The zero-order chi connectivity index (χ0) is 13.5. The van der Waals surface area contributed by atoms with Gasteiger partial charge in [-0.15, -0.1) is 0 Å². The number of hydrogen-bond acceptors (Lipinski definition) is 6. The van der Waals surface area contributed by atoms with Crippen LogP contribution in [0, 0.1) is 6.92 Å². The molecule has 1 rings (SSSR count). The SMILES string of the molecule is COc1nc(C)nc(NCCCOC(C)C)c1N. The summed E-state index contributed by atoms with van der Waals surface area (Å²) in [5.74, 6) is 1.65. The molecule has 0 spiro atoms. The van der Waals surface area contributed by atoms with Crippen molar-refractivity contribution in [3.8, 4) is 5.88 Å². The van der Waals surface area contributed by atoms with Gasteiger partial charge in [0.2, 0.25) is 5.88 Å². The second-order valence-electron chi connectivity index (χ2n) is 4.24. The van der Waals surface area contributed by atoms with Crippen LogP contribution in [0.15, 0.2) is 0 Å². The zero-order valence-corrected chi connectivity index (χ0v) is 11.5. The molecule has 0 bridgehead atoms. The summed E-state index contributed by atoms with van der Waals surface area (Å²) in [5.41, 5.74) is 6.32. The van der Waals surface area contributed by atoms with Gasteiger partial charge in [0.05, 0.1) is 13.2 Å². The van der Waals surface area contributed by atoms with Gasteiger partial charge in [-0.1, -0.05) is 0 Å². The number of nitrogen functional groups attached to an aromatic ring is 1. The van der Waals surface area contributed by atoms with E-state index in [9.17, 15) is 0 Å². The van der Waals surface area contributed by atoms with Crippen molar-refractivity contribution in [3.05, 3.63) is 5.82 Å². The van der Waals surface area contributed by atoms with Crippen LogP contribution in [0.2, 0.25) is 0 Å². The number of hydrogen-bond donors (Lipinski definition) is 2. The van der Waals surface area contributed by atoms with Gasteiger partial charge in [0.25, 0.3) is 0 Å². The first kappa shape index (κ1) is 14.5. The first-order chi connectivity index (χ1) is 8.54. The third-order valence-corrected chi connectivity index (χ3v) is 2.28. The molecule has 0 saturated carbocycles. The van der Waals surface area contributed by atoms with Crippen molar-refractivity contribution < 1.29 is 9.47 Å². The molecule has 0 amide bonds. The number of nitrogens with one attached hydrogen (secondary N) is 1. The molecular formula is C12H22N4O2. The smallest absolute Gasteiger partial charge is 0.242 e. The Morgan fingerprint density at radius 3 is 2.67 bits per heavy atom. The van der Waals surface area contributed by atoms with E-state index >= 15 is 0 Å². The highest BCUT2D eigenvalue weighted by Crippen LogP contribution is 2.25. The Balaban J connectivity index is 2.49. The summed E-state index contributed by atoms with van der Waals surface area (Å²) in [7, 11) is 1.54. The minimum absolute atomic E-state index is 0.261. The maximum Gasteiger partial charge on any atom is 0.242 e. The molecule has 0 fully saturated rings. The minimum Gasteiger partial charge on any atom is -0.479 e. The fourth-order valence-electron chi connectivity index (χ4n) is 1.44. The molecule has 18 heavy (non-hydrogen) atoms. The molecule has 0 aliphatic carbocycles. The first-order valence-electron chi connectivity index (χ1n) is 6.08. The molecule has 3 N–H and O–H groups in total. The van der Waals surface area contributed by atoms with Gasteiger partial charge in [0, 0.05) is 13.2 Å². The average Bonchev–Trinajstić information content (AvgIpc) is 2.32. The van der Waals surface area contributed by atoms with Crippen molar-refractivity contribution in [1.82, 2.24) is 9.97 Å². The van der Waals surface area contributed by atoms with Gasteiger partial charge in [-0.3, -0.25) is 0 Å². The topological polar surface area (TPSA) is 82.3 Å². The van der Waals surface area contributed by atoms with Crippen LogP contribution >= 0.6 is 0 Å². The zero-order valence-electron chi connectivity index (χ0n) is 11.5. The Bertz CT molecular complexity index is 383. The fourth-order valence-corrected chi connectivity index (χ4v) is 1.44. The van der Waals surface area contributed by atoms with Crippen molar-refractivity contribution in [2.45, 2.75) is 33.3 Å². The maximum absolute atomic E-state index is 5.88. The van der Waals surface area contributed by atoms with Crippen molar-refractivity contribution in [1.29, 1.82) is 0 Å². The van der Waals surface area contributed by atoms with Crippen molar-refractivity contribution >= 4 is 11.5 Å². The summed E-state index contributed by atoms with van der Waals surface area (Å²) >= 11 is 0. The van der Waals surface area contributed by atoms with Crippen LogP contribution in [0.4, 0.5) is 11.5 Å². The van der Waals surface area contributed by atoms with E-state index in [1.165, 1.54) is 0 Å². The van der Waals surface area contributed by atoms with Crippen LogP contribution in [-0.4, -0.2) is 36.3 Å². The van der Waals surface area contributed by atoms with Gasteiger partial charge in [-0.05, 0) is 27.2 Å². The molecular weight excluding hydrogens is 232 g/mol. The van der Waals surface area contributed by atoms with Gasteiger partial charge in [-0.2, -0.15) is 4.98 Å². The van der Waals surface area contributed by atoms with Gasteiger partial charge >= 0.3 is 0 Å². The van der Waals surface area contributed by atoms with Crippen LogP contribution in [-0.2, 0) is 4.74 Å². The second-order valence-corrected chi connectivity index (χ2v) is 4.24. The molecule has 0 aromatic carbocycles. The number of methoxy groups -OCH3 is 1. The molecule has 102 valence electrons. The number of aryl methyl sites for hydroxylation is 1. The van der Waals surface area contributed by atoms with E-state index in [1.807, 2.05) is 13.8 Å². The average molecular weight is 254 g/mol. The molecule has 1 aromatic heterocycles. The summed E-state index contributed by atoms with van der Waals surface area (Å²) in [6.45, 7) is 7.30. The van der Waals surface area contributed by atoms with Crippen molar-refractivity contribution in [3.63, 3.8) is 0 Å². The molecule has 6 nitrogen and oxygen atoms in total. The number of ether oxygens (including phenoxy) is 2. The minimum atomic E-state index is 0.261. The molecule has 0 radical (unpaired) electrons. The molecule has 0 aliphatic heterocycles. The lowest BCUT2D eigenvalue weighted by Crippen LogP contribution is -2.12. The monoisotopic (exact) mass is 254 g/mol. The Morgan fingerprint density at radius 1 is 1.33 bits per heavy atom. The molecule has 6 heteroatoms. The quantitative estimate of drug-likeness (QED) is 0.719. The lowest BCUT2D eigenvalue weighted by Gasteiger charge is -2.12. The van der Waals surface area contributed by atoms with Gasteiger partial charge in [0.1, 0.15) is 11.5 Å². The normalized spacial score (nSPS) is 10.7. The third-order valence-electron chi connectivity index (χ3n) is 2.28. The van der Waals surface area contributed by atoms with E-state index in [4.69, 9.17) is 15.2 Å². The Hall–Kier alpha value is -1.56. The van der Waals surface area contributed by atoms with E-state index in [2.05, 4.69) is 15.3 Å². The summed E-state index contributed by atoms with van der Waals surface area (Å²) in [4.78, 5) is 8.34. The summed E-state index contributed by atoms with van der Waals surface area (Å²) in [6.07, 6.45) is 1.15. The van der Waals surface area contributed by atoms with Crippen LogP contribution < -0.4 is 15.8 Å². The molecule has 1 heterocycles. The predicted octanol–water partition coefficient (Wildman–Crippen LogP) is 1.60. The first-order valence-corrected chi connectivity index (χ1v) is 6.08. The number of aromatic nitrogens is 2. The van der Waals surface area contributed by atoms with Gasteiger partial charge in [-0.25, -0.2) is 4.98 Å².